The van der Waals surface area contributed by atoms with Crippen molar-refractivity contribution in [2.24, 2.45) is 5.41 Å². The molecular weight excluding hydrogens is 571 g/mol. The number of hydrogen-bond acceptors (Lipinski definition) is 4. The van der Waals surface area contributed by atoms with Gasteiger partial charge < -0.3 is 20.4 Å². The number of alkyl halides is 1. The molecule has 1 atom stereocenters. The van der Waals surface area contributed by atoms with E-state index in [0.717, 1.165) is 21.6 Å². The van der Waals surface area contributed by atoms with Crippen molar-refractivity contribution in [2.75, 3.05) is 18.4 Å². The lowest BCUT2D eigenvalue weighted by Gasteiger charge is -2.40. The standard InChI is InChI=1S/C26H35IN6O3/c1-16-21-15-32(25(36)33(21)17(2)28-16)20-10-12-31(13-11-20)23(34)22(26(3,4)5)30-24(35)29-19-8-6-18(14-27)7-9-19/h6-9,20,22H,10-15H2,1-5H3,(H2,29,30,35)/t22-/m0/s1. The Balaban J connectivity index is 1.36. The fourth-order valence-corrected chi connectivity index (χ4v) is 5.51. The van der Waals surface area contributed by atoms with Gasteiger partial charge in [-0.25, -0.2) is 14.6 Å². The molecule has 2 aliphatic heterocycles. The van der Waals surface area contributed by atoms with Gasteiger partial charge in [-0.3, -0.25) is 9.36 Å². The van der Waals surface area contributed by atoms with Gasteiger partial charge in [0.25, 0.3) is 0 Å². The molecular formula is C26H35IN6O3. The van der Waals surface area contributed by atoms with Crippen molar-refractivity contribution in [1.82, 2.24) is 24.7 Å². The minimum atomic E-state index is -0.673. The molecule has 0 radical (unpaired) electrons. The molecule has 1 aromatic heterocycles. The van der Waals surface area contributed by atoms with Crippen molar-refractivity contribution in [2.45, 2.75) is 70.5 Å². The summed E-state index contributed by atoms with van der Waals surface area (Å²) in [5.41, 5.74) is 3.26. The van der Waals surface area contributed by atoms with E-state index < -0.39 is 17.5 Å². The number of halogens is 1. The van der Waals surface area contributed by atoms with Gasteiger partial charge in [-0.05, 0) is 49.8 Å². The molecule has 3 heterocycles. The molecule has 1 saturated heterocycles. The van der Waals surface area contributed by atoms with Crippen LogP contribution >= 0.6 is 22.6 Å². The smallest absolute Gasteiger partial charge is 0.330 e. The molecule has 2 aromatic rings. The highest BCUT2D eigenvalue weighted by molar-refractivity contribution is 14.1. The summed E-state index contributed by atoms with van der Waals surface area (Å²) in [6.45, 7) is 11.3. The highest BCUT2D eigenvalue weighted by atomic mass is 127. The van der Waals surface area contributed by atoms with E-state index in [1.54, 1.807) is 4.57 Å². The number of fused-ring (bicyclic) bond motifs is 1. The molecule has 9 nitrogen and oxygen atoms in total. The number of rotatable bonds is 5. The third kappa shape index (κ3) is 5.37. The molecule has 4 rings (SSSR count). The number of piperidine rings is 1. The van der Waals surface area contributed by atoms with Gasteiger partial charge in [-0.2, -0.15) is 0 Å². The zero-order chi connectivity index (χ0) is 26.2. The van der Waals surface area contributed by atoms with E-state index in [-0.39, 0.29) is 18.0 Å². The Kier molecular flexibility index (Phi) is 7.63. The molecule has 1 aromatic carbocycles. The molecule has 4 amide bonds. The summed E-state index contributed by atoms with van der Waals surface area (Å²) in [4.78, 5) is 47.4. The Hall–Kier alpha value is -2.63. The number of nitrogens with zero attached hydrogens (tertiary/aromatic N) is 4. The van der Waals surface area contributed by atoms with Crippen LogP contribution in [-0.2, 0) is 15.8 Å². The summed E-state index contributed by atoms with van der Waals surface area (Å²) in [5.74, 6) is 0.632. The van der Waals surface area contributed by atoms with Crippen molar-refractivity contribution < 1.29 is 14.4 Å². The van der Waals surface area contributed by atoms with Gasteiger partial charge in [0.05, 0.1) is 17.9 Å². The molecule has 194 valence electrons. The molecule has 0 spiro atoms. The molecule has 0 bridgehead atoms. The number of urea groups is 1. The van der Waals surface area contributed by atoms with E-state index in [1.807, 2.05) is 68.7 Å². The largest absolute Gasteiger partial charge is 0.341 e. The van der Waals surface area contributed by atoms with E-state index in [1.165, 1.54) is 5.56 Å². The maximum absolute atomic E-state index is 13.5. The topological polar surface area (TPSA) is 99.6 Å². The number of anilines is 1. The number of benzene rings is 1. The van der Waals surface area contributed by atoms with Gasteiger partial charge in [0.2, 0.25) is 5.91 Å². The van der Waals surface area contributed by atoms with E-state index in [4.69, 9.17) is 0 Å². The van der Waals surface area contributed by atoms with Gasteiger partial charge in [0, 0.05) is 29.2 Å². The van der Waals surface area contributed by atoms with Crippen LogP contribution in [0.1, 0.15) is 56.4 Å². The number of carbonyl (C=O) groups is 3. The Morgan fingerprint density at radius 3 is 2.33 bits per heavy atom. The van der Waals surface area contributed by atoms with Crippen molar-refractivity contribution in [3.63, 3.8) is 0 Å². The predicted molar refractivity (Wildman–Crippen MR) is 147 cm³/mol. The van der Waals surface area contributed by atoms with Crippen molar-refractivity contribution >= 4 is 46.2 Å². The maximum atomic E-state index is 13.5. The summed E-state index contributed by atoms with van der Waals surface area (Å²) in [5, 5.41) is 5.75. The fraction of sp³-hybridized carbons (Fsp3) is 0.538. The molecule has 0 aliphatic carbocycles. The van der Waals surface area contributed by atoms with Gasteiger partial charge in [0.1, 0.15) is 11.9 Å². The van der Waals surface area contributed by atoms with Crippen LogP contribution in [0.3, 0.4) is 0 Å². The van der Waals surface area contributed by atoms with Gasteiger partial charge >= 0.3 is 12.1 Å². The van der Waals surface area contributed by atoms with Crippen molar-refractivity contribution in [3.8, 4) is 0 Å². The molecule has 0 saturated carbocycles. The number of aryl methyl sites for hydroxylation is 2. The lowest BCUT2D eigenvalue weighted by molar-refractivity contribution is -0.137. The quantitative estimate of drug-likeness (QED) is 0.388. The van der Waals surface area contributed by atoms with Crippen molar-refractivity contribution in [1.29, 1.82) is 0 Å². The van der Waals surface area contributed by atoms with Crippen LogP contribution in [0.5, 0.6) is 0 Å². The van der Waals surface area contributed by atoms with E-state index in [2.05, 4.69) is 38.2 Å². The fourth-order valence-electron chi connectivity index (χ4n) is 5.00. The lowest BCUT2D eigenvalue weighted by atomic mass is 9.85. The van der Waals surface area contributed by atoms with Crippen LogP contribution < -0.4 is 10.6 Å². The number of aromatic nitrogens is 2. The first-order valence-corrected chi connectivity index (χ1v) is 13.9. The Morgan fingerprint density at radius 1 is 1.14 bits per heavy atom. The second-order valence-electron chi connectivity index (χ2n) is 10.7. The lowest BCUT2D eigenvalue weighted by Crippen LogP contribution is -2.57. The summed E-state index contributed by atoms with van der Waals surface area (Å²) in [6.07, 6.45) is 1.42. The zero-order valence-corrected chi connectivity index (χ0v) is 23.8. The molecule has 1 fully saturated rings. The second-order valence-corrected chi connectivity index (χ2v) is 11.5. The zero-order valence-electron chi connectivity index (χ0n) is 21.6. The SMILES string of the molecule is Cc1nc(C)n2c1CN(C1CCN(C(=O)[C@H](NC(=O)Nc3ccc(CI)cc3)C(C)(C)C)CC1)C2=O. The maximum Gasteiger partial charge on any atom is 0.330 e. The average Bonchev–Trinajstić information content (AvgIpc) is 3.33. The average molecular weight is 607 g/mol. The summed E-state index contributed by atoms with van der Waals surface area (Å²) in [6, 6.07) is 6.65. The number of carbonyl (C=O) groups excluding carboxylic acids is 3. The summed E-state index contributed by atoms with van der Waals surface area (Å²) >= 11 is 2.29. The van der Waals surface area contributed by atoms with Gasteiger partial charge in [-0.1, -0.05) is 55.5 Å². The molecule has 2 N–H and O–H groups in total. The summed E-state index contributed by atoms with van der Waals surface area (Å²) < 4.78 is 2.61. The molecule has 0 unspecified atom stereocenters. The number of nitrogens with one attached hydrogen (secondary N) is 2. The first-order valence-electron chi connectivity index (χ1n) is 12.4. The van der Waals surface area contributed by atoms with Crippen LogP contribution in [0.4, 0.5) is 15.3 Å². The third-order valence-electron chi connectivity index (χ3n) is 7.07. The monoisotopic (exact) mass is 606 g/mol. The van der Waals surface area contributed by atoms with Gasteiger partial charge in [0.15, 0.2) is 0 Å². The first-order chi connectivity index (χ1) is 17.0. The minimum absolute atomic E-state index is 0.0229. The van der Waals surface area contributed by atoms with Crippen LogP contribution in [-0.4, -0.2) is 62.5 Å². The Bertz CT molecular complexity index is 1150. The van der Waals surface area contributed by atoms with Crippen LogP contribution in [0.25, 0.3) is 0 Å². The van der Waals surface area contributed by atoms with Crippen LogP contribution in [0.2, 0.25) is 0 Å². The van der Waals surface area contributed by atoms with Crippen molar-refractivity contribution in [3.05, 3.63) is 47.0 Å². The minimum Gasteiger partial charge on any atom is -0.341 e. The normalized spacial score (nSPS) is 17.2. The van der Waals surface area contributed by atoms with Gasteiger partial charge in [-0.15, -0.1) is 0 Å². The number of amides is 4. The molecule has 2 aliphatic rings. The number of likely N-dealkylation sites (tertiary alicyclic amines) is 1. The van der Waals surface area contributed by atoms with E-state index >= 15 is 0 Å². The third-order valence-corrected chi connectivity index (χ3v) is 7.95. The van der Waals surface area contributed by atoms with E-state index in [0.29, 0.717) is 38.2 Å². The number of hydrogen-bond donors (Lipinski definition) is 2. The van der Waals surface area contributed by atoms with Crippen LogP contribution in [0.15, 0.2) is 24.3 Å². The number of imidazole rings is 1. The Morgan fingerprint density at radius 2 is 1.78 bits per heavy atom. The highest BCUT2D eigenvalue weighted by Crippen LogP contribution is 2.29. The second kappa shape index (κ2) is 10.4. The van der Waals surface area contributed by atoms with Crippen LogP contribution in [0, 0.1) is 19.3 Å². The highest BCUT2D eigenvalue weighted by Gasteiger charge is 2.40. The van der Waals surface area contributed by atoms with E-state index in [9.17, 15) is 14.4 Å². The Labute approximate surface area is 226 Å². The predicted octanol–water partition coefficient (Wildman–Crippen LogP) is 4.45. The molecule has 36 heavy (non-hydrogen) atoms. The molecule has 10 heteroatoms. The summed E-state index contributed by atoms with van der Waals surface area (Å²) in [7, 11) is 0. The first kappa shape index (κ1) is 26.4.